The lowest BCUT2D eigenvalue weighted by molar-refractivity contribution is 0.0657. The molecule has 20 heavy (non-hydrogen) atoms. The van der Waals surface area contributed by atoms with Crippen molar-refractivity contribution in [1.29, 1.82) is 0 Å². The van der Waals surface area contributed by atoms with Crippen LogP contribution in [0.2, 0.25) is 0 Å². The molecule has 1 aromatic carbocycles. The predicted octanol–water partition coefficient (Wildman–Crippen LogP) is 6.17. The highest BCUT2D eigenvalue weighted by Crippen LogP contribution is 2.36. The highest BCUT2D eigenvalue weighted by Gasteiger charge is 2.28. The van der Waals surface area contributed by atoms with Crippen LogP contribution in [0.15, 0.2) is 44.2 Å². The van der Waals surface area contributed by atoms with Gasteiger partial charge in [-0.3, -0.25) is 0 Å². The van der Waals surface area contributed by atoms with Crippen molar-refractivity contribution in [2.75, 3.05) is 0 Å². The normalized spacial score (nSPS) is 12.7. The third-order valence-corrected chi connectivity index (χ3v) is 6.01. The minimum Gasteiger partial charge on any atom is -0.385 e. The van der Waals surface area contributed by atoms with Crippen molar-refractivity contribution in [2.24, 2.45) is 0 Å². The van der Waals surface area contributed by atoms with Gasteiger partial charge in [-0.2, -0.15) is 0 Å². The Hall–Kier alpha value is -0.000000000000000111. The molecule has 0 spiro atoms. The lowest BCUT2D eigenvalue weighted by atomic mass is 9.91. The van der Waals surface area contributed by atoms with E-state index >= 15 is 0 Å². The molecule has 0 saturated heterocycles. The topological polar surface area (TPSA) is 20.2 Å². The summed E-state index contributed by atoms with van der Waals surface area (Å²) in [7, 11) is 0. The molecule has 112 valence electrons. The van der Waals surface area contributed by atoms with E-state index < -0.39 is 5.60 Å². The van der Waals surface area contributed by atoms with Gasteiger partial charge in [0.2, 0.25) is 0 Å². The summed E-state index contributed by atoms with van der Waals surface area (Å²) in [6, 6.07) is 10.3. The predicted molar refractivity (Wildman–Crippen MR) is 98.4 cm³/mol. The van der Waals surface area contributed by atoms with Crippen molar-refractivity contribution < 1.29 is 5.11 Å². The highest BCUT2D eigenvalue weighted by molar-refractivity contribution is 14.1. The summed E-state index contributed by atoms with van der Waals surface area (Å²) in [4.78, 5) is 1.22. The van der Waals surface area contributed by atoms with Crippen LogP contribution in [0.1, 0.15) is 52.4 Å². The average Bonchev–Trinajstić information content (AvgIpc) is 2.49. The maximum atomic E-state index is 10.9. The van der Waals surface area contributed by atoms with Crippen LogP contribution in [-0.2, 0) is 0 Å². The summed E-state index contributed by atoms with van der Waals surface area (Å²) in [6.07, 6.45) is 6.16. The second-order valence-electron chi connectivity index (χ2n) is 5.14. The molecule has 1 rings (SSSR count). The summed E-state index contributed by atoms with van der Waals surface area (Å²) in [5.41, 5.74) is -0.631. The van der Waals surface area contributed by atoms with E-state index in [1.165, 1.54) is 4.90 Å². The van der Waals surface area contributed by atoms with Gasteiger partial charge < -0.3 is 5.11 Å². The van der Waals surface area contributed by atoms with Crippen LogP contribution in [0, 0.1) is 0 Å². The van der Waals surface area contributed by atoms with Crippen molar-refractivity contribution in [1.82, 2.24) is 0 Å². The largest absolute Gasteiger partial charge is 0.385 e. The molecule has 0 bridgehead atoms. The van der Waals surface area contributed by atoms with E-state index in [1.54, 1.807) is 11.8 Å². The van der Waals surface area contributed by atoms with E-state index in [0.29, 0.717) is 0 Å². The summed E-state index contributed by atoms with van der Waals surface area (Å²) < 4.78 is 1.07. The van der Waals surface area contributed by atoms with E-state index in [9.17, 15) is 5.11 Å². The molecule has 0 heterocycles. The molecule has 0 amide bonds. The standard InChI is InChI=1S/C17H25IOS/c1-3-5-12-17(19,13-6-4-2)16(18)14-20-15-10-8-7-9-11-15/h7-11,14,19H,3-6,12-13H2,1-2H3/b16-14-. The Bertz CT molecular complexity index is 395. The van der Waals surface area contributed by atoms with Crippen molar-refractivity contribution in [2.45, 2.75) is 62.9 Å². The molecule has 1 nitrogen and oxygen atoms in total. The third-order valence-electron chi connectivity index (χ3n) is 3.37. The van der Waals surface area contributed by atoms with Crippen molar-refractivity contribution in [3.8, 4) is 0 Å². The van der Waals surface area contributed by atoms with Gasteiger partial charge in [-0.05, 0) is 53.0 Å². The number of benzene rings is 1. The highest BCUT2D eigenvalue weighted by atomic mass is 127. The fraction of sp³-hybridized carbons (Fsp3) is 0.529. The number of hydrogen-bond acceptors (Lipinski definition) is 2. The zero-order valence-corrected chi connectivity index (χ0v) is 15.4. The van der Waals surface area contributed by atoms with Gasteiger partial charge in [0, 0.05) is 8.48 Å². The summed E-state index contributed by atoms with van der Waals surface area (Å²) in [6.45, 7) is 4.35. The Kier molecular flexibility index (Phi) is 8.89. The molecular weight excluding hydrogens is 379 g/mol. The lowest BCUT2D eigenvalue weighted by Gasteiger charge is -2.28. The van der Waals surface area contributed by atoms with Gasteiger partial charge in [0.05, 0.1) is 5.60 Å². The van der Waals surface area contributed by atoms with Crippen molar-refractivity contribution in [3.05, 3.63) is 39.3 Å². The number of unbranched alkanes of at least 4 members (excludes halogenated alkanes) is 2. The second kappa shape index (κ2) is 9.85. The first-order valence-corrected chi connectivity index (χ1v) is 9.38. The Morgan fingerprint density at radius 2 is 1.70 bits per heavy atom. The average molecular weight is 404 g/mol. The minimum absolute atomic E-state index is 0.631. The van der Waals surface area contributed by atoms with Crippen LogP contribution in [0.4, 0.5) is 0 Å². The molecule has 1 N–H and O–H groups in total. The molecule has 3 heteroatoms. The Balaban J connectivity index is 2.72. The van der Waals surface area contributed by atoms with Gasteiger partial charge in [0.1, 0.15) is 0 Å². The van der Waals surface area contributed by atoms with Gasteiger partial charge in [0.25, 0.3) is 0 Å². The first-order chi connectivity index (χ1) is 9.62. The zero-order valence-electron chi connectivity index (χ0n) is 12.4. The van der Waals surface area contributed by atoms with E-state index in [2.05, 4.69) is 54.0 Å². The lowest BCUT2D eigenvalue weighted by Crippen LogP contribution is -2.28. The molecule has 0 atom stereocenters. The van der Waals surface area contributed by atoms with E-state index in [0.717, 1.165) is 42.1 Å². The molecule has 0 aliphatic rings. The molecule has 0 saturated carbocycles. The Labute approximate surface area is 141 Å². The first-order valence-electron chi connectivity index (χ1n) is 7.42. The number of hydrogen-bond donors (Lipinski definition) is 1. The molecule has 0 aliphatic carbocycles. The van der Waals surface area contributed by atoms with Gasteiger partial charge >= 0.3 is 0 Å². The van der Waals surface area contributed by atoms with Gasteiger partial charge in [-0.15, -0.1) is 0 Å². The summed E-state index contributed by atoms with van der Waals surface area (Å²) in [5, 5.41) is 13.0. The van der Waals surface area contributed by atoms with Crippen LogP contribution in [0.3, 0.4) is 0 Å². The maximum Gasteiger partial charge on any atom is 0.0958 e. The summed E-state index contributed by atoms with van der Waals surface area (Å²) >= 11 is 4.01. The van der Waals surface area contributed by atoms with Crippen molar-refractivity contribution in [3.63, 3.8) is 0 Å². The summed E-state index contributed by atoms with van der Waals surface area (Å²) in [5.74, 6) is 0. The van der Waals surface area contributed by atoms with Gasteiger partial charge in [-0.1, -0.05) is 69.5 Å². The van der Waals surface area contributed by atoms with Crippen molar-refractivity contribution >= 4 is 34.4 Å². The third kappa shape index (κ3) is 6.19. The van der Waals surface area contributed by atoms with Gasteiger partial charge in [0.15, 0.2) is 0 Å². The first kappa shape index (κ1) is 18.1. The van der Waals surface area contributed by atoms with E-state index in [1.807, 2.05) is 18.2 Å². The molecule has 0 aliphatic heterocycles. The number of aliphatic hydroxyl groups is 1. The van der Waals surface area contributed by atoms with Crippen LogP contribution in [0.25, 0.3) is 0 Å². The van der Waals surface area contributed by atoms with Crippen LogP contribution in [0.5, 0.6) is 0 Å². The smallest absolute Gasteiger partial charge is 0.0958 e. The molecule has 1 aromatic rings. The Morgan fingerprint density at radius 1 is 1.15 bits per heavy atom. The molecular formula is C17H25IOS. The molecule has 0 fully saturated rings. The van der Waals surface area contributed by atoms with Crippen LogP contribution in [-0.4, -0.2) is 10.7 Å². The van der Waals surface area contributed by atoms with Crippen LogP contribution >= 0.6 is 34.4 Å². The van der Waals surface area contributed by atoms with Gasteiger partial charge in [-0.25, -0.2) is 0 Å². The fourth-order valence-electron chi connectivity index (χ4n) is 2.03. The number of rotatable bonds is 9. The van der Waals surface area contributed by atoms with E-state index in [-0.39, 0.29) is 0 Å². The minimum atomic E-state index is -0.631. The number of halogens is 1. The SMILES string of the molecule is CCCCC(O)(CCCC)/C(I)=C/Sc1ccccc1. The second-order valence-corrected chi connectivity index (χ2v) is 7.24. The maximum absolute atomic E-state index is 10.9. The monoisotopic (exact) mass is 404 g/mol. The van der Waals surface area contributed by atoms with Crippen LogP contribution < -0.4 is 0 Å². The molecule has 0 aromatic heterocycles. The fourth-order valence-corrected chi connectivity index (χ4v) is 3.72. The van der Waals surface area contributed by atoms with E-state index in [4.69, 9.17) is 0 Å². The zero-order chi connectivity index (χ0) is 14.8. The quantitative estimate of drug-likeness (QED) is 0.393. The molecule has 0 radical (unpaired) electrons. The molecule has 0 unspecified atom stereocenters. The Morgan fingerprint density at radius 3 is 2.20 bits per heavy atom. The number of thioether (sulfide) groups is 1.